The maximum absolute atomic E-state index is 12.2. The summed E-state index contributed by atoms with van der Waals surface area (Å²) in [5, 5.41) is 8.73. The molecule has 0 radical (unpaired) electrons. The fourth-order valence-electron chi connectivity index (χ4n) is 2.41. The van der Waals surface area contributed by atoms with Crippen LogP contribution in [0.4, 0.5) is 0 Å². The van der Waals surface area contributed by atoms with Crippen molar-refractivity contribution in [3.63, 3.8) is 0 Å². The summed E-state index contributed by atoms with van der Waals surface area (Å²) in [5.74, 6) is -0.746. The van der Waals surface area contributed by atoms with Crippen molar-refractivity contribution in [3.8, 4) is 0 Å². The molecule has 5 nitrogen and oxygen atoms in total. The zero-order valence-corrected chi connectivity index (χ0v) is 11.3. The zero-order valence-electron chi connectivity index (χ0n) is 11.3. The van der Waals surface area contributed by atoms with Gasteiger partial charge in [-0.2, -0.15) is 0 Å². The Morgan fingerprint density at radius 1 is 1.39 bits per heavy atom. The van der Waals surface area contributed by atoms with Gasteiger partial charge in [-0.25, -0.2) is 0 Å². The van der Waals surface area contributed by atoms with Gasteiger partial charge in [-0.1, -0.05) is 0 Å². The third-order valence-corrected chi connectivity index (χ3v) is 3.25. The van der Waals surface area contributed by atoms with Gasteiger partial charge in [0.15, 0.2) is 0 Å². The van der Waals surface area contributed by atoms with Crippen molar-refractivity contribution in [1.29, 1.82) is 0 Å². The Hall–Kier alpha value is -1.10. The molecule has 1 heterocycles. The summed E-state index contributed by atoms with van der Waals surface area (Å²) in [6.07, 6.45) is 3.97. The van der Waals surface area contributed by atoms with E-state index in [-0.39, 0.29) is 18.4 Å². The summed E-state index contributed by atoms with van der Waals surface area (Å²) in [5.41, 5.74) is 5.36. The lowest BCUT2D eigenvalue weighted by Crippen LogP contribution is -2.47. The lowest BCUT2D eigenvalue weighted by Gasteiger charge is -2.37. The van der Waals surface area contributed by atoms with Gasteiger partial charge in [-0.3, -0.25) is 9.59 Å². The Kier molecular flexibility index (Phi) is 5.14. The first-order valence-corrected chi connectivity index (χ1v) is 6.60. The minimum atomic E-state index is -0.799. The average molecular weight is 256 g/mol. The van der Waals surface area contributed by atoms with Gasteiger partial charge in [0.05, 0.1) is 0 Å². The van der Waals surface area contributed by atoms with Gasteiger partial charge >= 0.3 is 5.97 Å². The van der Waals surface area contributed by atoms with Crippen LogP contribution in [0.1, 0.15) is 52.4 Å². The van der Waals surface area contributed by atoms with Gasteiger partial charge in [0, 0.05) is 31.0 Å². The molecule has 0 aliphatic carbocycles. The number of carboxylic acid groups (broad SMARTS) is 1. The van der Waals surface area contributed by atoms with Crippen LogP contribution >= 0.6 is 0 Å². The predicted molar refractivity (Wildman–Crippen MR) is 69.1 cm³/mol. The summed E-state index contributed by atoms with van der Waals surface area (Å²) < 4.78 is 0. The number of hydrogen-bond donors (Lipinski definition) is 2. The van der Waals surface area contributed by atoms with Crippen molar-refractivity contribution >= 4 is 11.9 Å². The summed E-state index contributed by atoms with van der Waals surface area (Å²) >= 11 is 0. The standard InChI is InChI=1S/C13H24N2O3/c1-13(2,14)9-11(16)15-8-4-3-5-10(15)6-7-12(17)18/h10H,3-9,14H2,1-2H3,(H,17,18). The number of carbonyl (C=O) groups is 2. The highest BCUT2D eigenvalue weighted by Gasteiger charge is 2.29. The van der Waals surface area contributed by atoms with Crippen LogP contribution in [-0.4, -0.2) is 40.0 Å². The van der Waals surface area contributed by atoms with Crippen LogP contribution < -0.4 is 5.73 Å². The van der Waals surface area contributed by atoms with Gasteiger partial charge in [-0.15, -0.1) is 0 Å². The van der Waals surface area contributed by atoms with Crippen LogP contribution in [0.2, 0.25) is 0 Å². The molecule has 0 aromatic carbocycles. The van der Waals surface area contributed by atoms with Gasteiger partial charge in [0.25, 0.3) is 0 Å². The Morgan fingerprint density at radius 3 is 2.61 bits per heavy atom. The highest BCUT2D eigenvalue weighted by Crippen LogP contribution is 2.23. The molecule has 18 heavy (non-hydrogen) atoms. The molecular formula is C13H24N2O3. The molecule has 1 atom stereocenters. The van der Waals surface area contributed by atoms with Crippen molar-refractivity contribution in [1.82, 2.24) is 4.90 Å². The van der Waals surface area contributed by atoms with E-state index in [0.29, 0.717) is 12.8 Å². The maximum atomic E-state index is 12.2. The van der Waals surface area contributed by atoms with Crippen LogP contribution in [-0.2, 0) is 9.59 Å². The lowest BCUT2D eigenvalue weighted by molar-refractivity contribution is -0.140. The SMILES string of the molecule is CC(C)(N)CC(=O)N1CCCCC1CCC(=O)O. The molecule has 1 fully saturated rings. The molecule has 104 valence electrons. The van der Waals surface area contributed by atoms with Gasteiger partial charge < -0.3 is 15.7 Å². The number of likely N-dealkylation sites (tertiary alicyclic amines) is 1. The summed E-state index contributed by atoms with van der Waals surface area (Å²) in [6.45, 7) is 4.40. The monoisotopic (exact) mass is 256 g/mol. The molecule has 0 spiro atoms. The van der Waals surface area contributed by atoms with E-state index in [4.69, 9.17) is 10.8 Å². The molecule has 0 bridgehead atoms. The molecule has 1 aliphatic rings. The average Bonchev–Trinajstić information content (AvgIpc) is 2.24. The first-order valence-electron chi connectivity index (χ1n) is 6.60. The van der Waals surface area contributed by atoms with Crippen LogP contribution in [0.15, 0.2) is 0 Å². The molecular weight excluding hydrogens is 232 g/mol. The maximum Gasteiger partial charge on any atom is 0.303 e. The Labute approximate surface area is 108 Å². The number of amides is 1. The largest absolute Gasteiger partial charge is 0.481 e. The number of carboxylic acids is 1. The fraction of sp³-hybridized carbons (Fsp3) is 0.846. The quantitative estimate of drug-likeness (QED) is 0.778. The molecule has 1 unspecified atom stereocenters. The highest BCUT2D eigenvalue weighted by molar-refractivity contribution is 5.78. The van der Waals surface area contributed by atoms with E-state index in [0.717, 1.165) is 25.8 Å². The highest BCUT2D eigenvalue weighted by atomic mass is 16.4. The topological polar surface area (TPSA) is 83.6 Å². The molecule has 1 amide bonds. The van der Waals surface area contributed by atoms with Crippen molar-refractivity contribution in [2.45, 2.75) is 64.0 Å². The molecule has 1 aliphatic heterocycles. The minimum Gasteiger partial charge on any atom is -0.481 e. The Morgan fingerprint density at radius 2 is 2.06 bits per heavy atom. The molecule has 0 aromatic heterocycles. The predicted octanol–water partition coefficient (Wildman–Crippen LogP) is 1.36. The van der Waals surface area contributed by atoms with Gasteiger partial charge in [0.1, 0.15) is 0 Å². The number of aliphatic carboxylic acids is 1. The summed E-state index contributed by atoms with van der Waals surface area (Å²) in [6, 6.07) is 0.0738. The van der Waals surface area contributed by atoms with E-state index in [9.17, 15) is 9.59 Å². The van der Waals surface area contributed by atoms with Crippen molar-refractivity contribution in [2.75, 3.05) is 6.54 Å². The summed E-state index contributed by atoms with van der Waals surface area (Å²) in [4.78, 5) is 24.6. The Bertz CT molecular complexity index is 310. The van der Waals surface area contributed by atoms with Gasteiger partial charge in [0.2, 0.25) is 5.91 Å². The van der Waals surface area contributed by atoms with E-state index in [1.54, 1.807) is 0 Å². The molecule has 5 heteroatoms. The fourth-order valence-corrected chi connectivity index (χ4v) is 2.41. The molecule has 0 saturated carbocycles. The number of nitrogens with zero attached hydrogens (tertiary/aromatic N) is 1. The van der Waals surface area contributed by atoms with E-state index in [2.05, 4.69) is 0 Å². The third kappa shape index (κ3) is 5.04. The number of nitrogens with two attached hydrogens (primary N) is 1. The Balaban J connectivity index is 2.58. The van der Waals surface area contributed by atoms with Gasteiger partial charge in [-0.05, 0) is 39.5 Å². The van der Waals surface area contributed by atoms with Crippen LogP contribution in [0.25, 0.3) is 0 Å². The number of rotatable bonds is 5. The van der Waals surface area contributed by atoms with Crippen LogP contribution in [0.5, 0.6) is 0 Å². The third-order valence-electron chi connectivity index (χ3n) is 3.25. The van der Waals surface area contributed by atoms with E-state index in [1.165, 1.54) is 0 Å². The first kappa shape index (κ1) is 15.0. The van der Waals surface area contributed by atoms with E-state index >= 15 is 0 Å². The molecule has 0 aromatic rings. The first-order chi connectivity index (χ1) is 8.29. The molecule has 3 N–H and O–H groups in total. The zero-order chi connectivity index (χ0) is 13.8. The molecule has 1 rings (SSSR count). The lowest BCUT2D eigenvalue weighted by atomic mass is 9.95. The second kappa shape index (κ2) is 6.18. The number of carbonyl (C=O) groups excluding carboxylic acids is 1. The smallest absolute Gasteiger partial charge is 0.303 e. The van der Waals surface area contributed by atoms with Crippen molar-refractivity contribution in [2.24, 2.45) is 5.73 Å². The second-order valence-electron chi connectivity index (χ2n) is 5.83. The van der Waals surface area contributed by atoms with E-state index < -0.39 is 11.5 Å². The summed E-state index contributed by atoms with van der Waals surface area (Å²) in [7, 11) is 0. The van der Waals surface area contributed by atoms with Crippen LogP contribution in [0.3, 0.4) is 0 Å². The number of piperidine rings is 1. The van der Waals surface area contributed by atoms with E-state index in [1.807, 2.05) is 18.7 Å². The molecule has 1 saturated heterocycles. The van der Waals surface area contributed by atoms with Crippen molar-refractivity contribution < 1.29 is 14.7 Å². The second-order valence-corrected chi connectivity index (χ2v) is 5.83. The van der Waals surface area contributed by atoms with Crippen LogP contribution in [0, 0.1) is 0 Å². The number of hydrogen-bond acceptors (Lipinski definition) is 3. The minimum absolute atomic E-state index is 0.0533. The van der Waals surface area contributed by atoms with Crippen molar-refractivity contribution in [3.05, 3.63) is 0 Å². The normalized spacial score (nSPS) is 20.8.